The van der Waals surface area contributed by atoms with Crippen LogP contribution in [0.25, 0.3) is 0 Å². The molecule has 0 unspecified atom stereocenters. The number of ether oxygens (including phenoxy) is 2. The molecule has 0 radical (unpaired) electrons. The predicted octanol–water partition coefficient (Wildman–Crippen LogP) is 0.870. The summed E-state index contributed by atoms with van der Waals surface area (Å²) in [6.45, 7) is 3.73. The van der Waals surface area contributed by atoms with Crippen LogP contribution in [0, 0.1) is 16.7 Å². The molecule has 1 aliphatic heterocycles. The summed E-state index contributed by atoms with van der Waals surface area (Å²) in [5, 5.41) is 8.22. The van der Waals surface area contributed by atoms with E-state index in [2.05, 4.69) is 0 Å². The largest absolute Gasteiger partial charge is 0.464 e. The Hall–Kier alpha value is -1.08. The number of hydrogen-bond donors (Lipinski definition) is 0. The molecule has 13 heavy (non-hydrogen) atoms. The van der Waals surface area contributed by atoms with Crippen molar-refractivity contribution in [3.63, 3.8) is 0 Å². The Bertz CT molecular complexity index is 222. The fourth-order valence-electron chi connectivity index (χ4n) is 1.13. The Morgan fingerprint density at radius 3 is 2.77 bits per heavy atom. The molecule has 0 aliphatic carbocycles. The number of carbonyl (C=O) groups is 1. The quantitative estimate of drug-likeness (QED) is 0.607. The zero-order chi connectivity index (χ0) is 9.73. The van der Waals surface area contributed by atoms with Crippen LogP contribution in [0.4, 0.5) is 0 Å². The van der Waals surface area contributed by atoms with E-state index in [4.69, 9.17) is 14.7 Å². The fraction of sp³-hybridized carbons (Fsp3) is 0.778. The molecule has 4 nitrogen and oxygen atoms in total. The molecule has 1 heterocycles. The van der Waals surface area contributed by atoms with Crippen LogP contribution in [-0.2, 0) is 14.3 Å². The number of nitrogens with zero attached hydrogens (tertiary/aromatic N) is 1. The second kappa shape index (κ2) is 4.24. The molecule has 0 aromatic heterocycles. The Morgan fingerprint density at radius 2 is 2.38 bits per heavy atom. The van der Waals surface area contributed by atoms with Crippen LogP contribution in [0.1, 0.15) is 19.8 Å². The van der Waals surface area contributed by atoms with E-state index in [1.54, 1.807) is 6.07 Å². The van der Waals surface area contributed by atoms with Crippen molar-refractivity contribution in [1.82, 2.24) is 0 Å². The monoisotopic (exact) mass is 183 g/mol. The zero-order valence-corrected chi connectivity index (χ0v) is 7.71. The molecule has 1 rings (SSSR count). The van der Waals surface area contributed by atoms with Crippen molar-refractivity contribution in [3.05, 3.63) is 0 Å². The molecule has 1 fully saturated rings. The van der Waals surface area contributed by atoms with Gasteiger partial charge in [0.15, 0.2) is 0 Å². The van der Waals surface area contributed by atoms with E-state index in [1.165, 1.54) is 0 Å². The zero-order valence-electron chi connectivity index (χ0n) is 7.71. The minimum atomic E-state index is -0.442. The summed E-state index contributed by atoms with van der Waals surface area (Å²) in [4.78, 5) is 10.9. The van der Waals surface area contributed by atoms with Crippen LogP contribution in [-0.4, -0.2) is 25.8 Å². The lowest BCUT2D eigenvalue weighted by molar-refractivity contribution is -0.169. The van der Waals surface area contributed by atoms with Gasteiger partial charge in [-0.15, -0.1) is 0 Å². The Kier molecular flexibility index (Phi) is 3.26. The maximum absolute atomic E-state index is 10.9. The van der Waals surface area contributed by atoms with Crippen LogP contribution in [0.2, 0.25) is 0 Å². The molecule has 1 saturated heterocycles. The van der Waals surface area contributed by atoms with Crippen molar-refractivity contribution in [3.8, 4) is 6.07 Å². The summed E-state index contributed by atoms with van der Waals surface area (Å²) in [6.07, 6.45) is 0.771. The summed E-state index contributed by atoms with van der Waals surface area (Å²) in [5.41, 5.74) is 0.0190. The maximum Gasteiger partial charge on any atom is 0.320 e. The standard InChI is InChI=1S/C9H13NO3/c1-2-9(5-12-6-9)7-13-8(11)3-4-10/h2-3,5-7H2,1H3. The third kappa shape index (κ3) is 2.43. The molecule has 0 spiro atoms. The van der Waals surface area contributed by atoms with Crippen LogP contribution >= 0.6 is 0 Å². The van der Waals surface area contributed by atoms with E-state index < -0.39 is 5.97 Å². The molecular weight excluding hydrogens is 170 g/mol. The number of hydrogen-bond acceptors (Lipinski definition) is 4. The van der Waals surface area contributed by atoms with Gasteiger partial charge in [0, 0.05) is 0 Å². The van der Waals surface area contributed by atoms with E-state index in [0.29, 0.717) is 19.8 Å². The predicted molar refractivity (Wildman–Crippen MR) is 44.7 cm³/mol. The molecule has 0 saturated carbocycles. The molecule has 0 atom stereocenters. The van der Waals surface area contributed by atoms with Gasteiger partial charge in [0.05, 0.1) is 24.7 Å². The van der Waals surface area contributed by atoms with Gasteiger partial charge in [0.25, 0.3) is 0 Å². The van der Waals surface area contributed by atoms with Crippen LogP contribution in [0.3, 0.4) is 0 Å². The minimum absolute atomic E-state index is 0.0190. The SMILES string of the molecule is CCC1(COC(=O)CC#N)COC1. The van der Waals surface area contributed by atoms with Crippen molar-refractivity contribution < 1.29 is 14.3 Å². The van der Waals surface area contributed by atoms with E-state index in [9.17, 15) is 4.79 Å². The highest BCUT2D eigenvalue weighted by Gasteiger charge is 2.38. The summed E-state index contributed by atoms with van der Waals surface area (Å²) < 4.78 is 10.0. The first-order chi connectivity index (χ1) is 6.22. The summed E-state index contributed by atoms with van der Waals surface area (Å²) >= 11 is 0. The van der Waals surface area contributed by atoms with Crippen molar-refractivity contribution >= 4 is 5.97 Å². The van der Waals surface area contributed by atoms with Gasteiger partial charge >= 0.3 is 5.97 Å². The van der Waals surface area contributed by atoms with E-state index in [-0.39, 0.29) is 11.8 Å². The van der Waals surface area contributed by atoms with Crippen molar-refractivity contribution in [2.45, 2.75) is 19.8 Å². The van der Waals surface area contributed by atoms with Gasteiger partial charge < -0.3 is 9.47 Å². The minimum Gasteiger partial charge on any atom is -0.464 e. The summed E-state index contributed by atoms with van der Waals surface area (Å²) in [6, 6.07) is 1.75. The first kappa shape index (κ1) is 10.0. The van der Waals surface area contributed by atoms with E-state index in [0.717, 1.165) is 6.42 Å². The maximum atomic E-state index is 10.9. The van der Waals surface area contributed by atoms with Crippen molar-refractivity contribution in [2.75, 3.05) is 19.8 Å². The average Bonchev–Trinajstić information content (AvgIpc) is 2.04. The van der Waals surface area contributed by atoms with Crippen LogP contribution in [0.15, 0.2) is 0 Å². The van der Waals surface area contributed by atoms with Gasteiger partial charge in [-0.2, -0.15) is 5.26 Å². The van der Waals surface area contributed by atoms with Crippen molar-refractivity contribution in [2.24, 2.45) is 5.41 Å². The lowest BCUT2D eigenvalue weighted by atomic mass is 9.84. The number of esters is 1. The topological polar surface area (TPSA) is 59.3 Å². The Balaban J connectivity index is 2.25. The molecule has 1 aliphatic rings. The molecule has 0 aromatic rings. The highest BCUT2D eigenvalue weighted by molar-refractivity contribution is 5.71. The molecular formula is C9H13NO3. The number of carbonyl (C=O) groups excluding carboxylic acids is 1. The van der Waals surface area contributed by atoms with Gasteiger partial charge in [-0.3, -0.25) is 4.79 Å². The molecule has 72 valence electrons. The van der Waals surface area contributed by atoms with Gasteiger partial charge in [0.1, 0.15) is 13.0 Å². The van der Waals surface area contributed by atoms with Gasteiger partial charge in [-0.1, -0.05) is 6.92 Å². The first-order valence-electron chi connectivity index (χ1n) is 4.33. The molecule has 0 amide bonds. The van der Waals surface area contributed by atoms with Gasteiger partial charge in [-0.05, 0) is 6.42 Å². The summed E-state index contributed by atoms with van der Waals surface area (Å²) in [5.74, 6) is -0.442. The highest BCUT2D eigenvalue weighted by Crippen LogP contribution is 2.31. The molecule has 0 N–H and O–H groups in total. The Labute approximate surface area is 77.4 Å². The number of nitriles is 1. The third-order valence-electron chi connectivity index (χ3n) is 2.33. The first-order valence-corrected chi connectivity index (χ1v) is 4.33. The molecule has 4 heteroatoms. The highest BCUT2D eigenvalue weighted by atomic mass is 16.5. The normalized spacial score (nSPS) is 18.5. The third-order valence-corrected chi connectivity index (χ3v) is 2.33. The lowest BCUT2D eigenvalue weighted by Crippen LogP contribution is -2.46. The van der Waals surface area contributed by atoms with E-state index in [1.807, 2.05) is 6.92 Å². The van der Waals surface area contributed by atoms with E-state index >= 15 is 0 Å². The van der Waals surface area contributed by atoms with Gasteiger partial charge in [-0.25, -0.2) is 0 Å². The Morgan fingerprint density at radius 1 is 1.69 bits per heavy atom. The van der Waals surface area contributed by atoms with Crippen LogP contribution in [0.5, 0.6) is 0 Å². The second-order valence-corrected chi connectivity index (χ2v) is 3.34. The molecule has 0 bridgehead atoms. The average molecular weight is 183 g/mol. The number of rotatable bonds is 4. The van der Waals surface area contributed by atoms with Crippen LogP contribution < -0.4 is 0 Å². The van der Waals surface area contributed by atoms with Crippen molar-refractivity contribution in [1.29, 1.82) is 5.26 Å². The van der Waals surface area contributed by atoms with Gasteiger partial charge in [0.2, 0.25) is 0 Å². The fourth-order valence-corrected chi connectivity index (χ4v) is 1.13. The summed E-state index contributed by atoms with van der Waals surface area (Å²) in [7, 11) is 0. The lowest BCUT2D eigenvalue weighted by Gasteiger charge is -2.39. The second-order valence-electron chi connectivity index (χ2n) is 3.34. The smallest absolute Gasteiger partial charge is 0.320 e. The molecule has 0 aromatic carbocycles.